The molecule has 2 rings (SSSR count). The fourth-order valence-electron chi connectivity index (χ4n) is 2.14. The van der Waals surface area contributed by atoms with Crippen molar-refractivity contribution in [3.05, 3.63) is 0 Å². The molecule has 0 aromatic carbocycles. The number of hydrogen-bond acceptors (Lipinski definition) is 3. The quantitative estimate of drug-likeness (QED) is 0.741. The minimum Gasteiger partial charge on any atom is -0.335 e. The van der Waals surface area contributed by atoms with Crippen LogP contribution in [0.5, 0.6) is 0 Å². The number of amides is 2. The van der Waals surface area contributed by atoms with Gasteiger partial charge >= 0.3 is 6.03 Å². The maximum Gasteiger partial charge on any atom is 0.317 e. The standard InChI is InChI=1S/C12H24N4O/c1-12(2,9-13)16-7-5-15(6-8-16)11(17)14-10-3-4-10/h10H,3-9,13H2,1-2H3,(H,14,17). The molecule has 3 N–H and O–H groups in total. The van der Waals surface area contributed by atoms with E-state index < -0.39 is 0 Å². The van der Waals surface area contributed by atoms with Gasteiger partial charge in [0, 0.05) is 44.3 Å². The van der Waals surface area contributed by atoms with E-state index in [0.29, 0.717) is 12.6 Å². The molecule has 0 atom stereocenters. The second-order valence-corrected chi connectivity index (χ2v) is 5.71. The van der Waals surface area contributed by atoms with Crippen LogP contribution in [0.25, 0.3) is 0 Å². The monoisotopic (exact) mass is 240 g/mol. The zero-order valence-electron chi connectivity index (χ0n) is 10.9. The molecule has 98 valence electrons. The van der Waals surface area contributed by atoms with Crippen molar-refractivity contribution < 1.29 is 4.79 Å². The van der Waals surface area contributed by atoms with Crippen LogP contribution in [0.3, 0.4) is 0 Å². The molecule has 0 bridgehead atoms. The Morgan fingerprint density at radius 3 is 2.35 bits per heavy atom. The Labute approximate surface area is 103 Å². The fourth-order valence-corrected chi connectivity index (χ4v) is 2.14. The van der Waals surface area contributed by atoms with Gasteiger partial charge in [0.25, 0.3) is 0 Å². The molecule has 0 aromatic heterocycles. The first kappa shape index (κ1) is 12.6. The van der Waals surface area contributed by atoms with Crippen molar-refractivity contribution in [2.75, 3.05) is 32.7 Å². The first-order valence-corrected chi connectivity index (χ1v) is 6.53. The van der Waals surface area contributed by atoms with E-state index in [9.17, 15) is 4.79 Å². The van der Waals surface area contributed by atoms with E-state index >= 15 is 0 Å². The number of nitrogens with one attached hydrogen (secondary N) is 1. The number of urea groups is 1. The molecule has 5 nitrogen and oxygen atoms in total. The molecule has 0 spiro atoms. The van der Waals surface area contributed by atoms with Crippen molar-refractivity contribution in [3.8, 4) is 0 Å². The summed E-state index contributed by atoms with van der Waals surface area (Å²) in [5.74, 6) is 0. The lowest BCUT2D eigenvalue weighted by Gasteiger charge is -2.43. The maximum atomic E-state index is 11.8. The lowest BCUT2D eigenvalue weighted by molar-refractivity contribution is 0.0685. The number of nitrogens with two attached hydrogens (primary N) is 1. The van der Waals surface area contributed by atoms with Crippen LogP contribution in [-0.2, 0) is 0 Å². The van der Waals surface area contributed by atoms with Gasteiger partial charge < -0.3 is 16.0 Å². The third kappa shape index (κ3) is 3.10. The zero-order valence-corrected chi connectivity index (χ0v) is 10.9. The van der Waals surface area contributed by atoms with Crippen LogP contribution in [0.15, 0.2) is 0 Å². The topological polar surface area (TPSA) is 61.6 Å². The molecule has 1 saturated carbocycles. The summed E-state index contributed by atoms with van der Waals surface area (Å²) in [6.07, 6.45) is 2.29. The molecule has 0 radical (unpaired) electrons. The van der Waals surface area contributed by atoms with Crippen molar-refractivity contribution in [1.82, 2.24) is 15.1 Å². The van der Waals surface area contributed by atoms with Gasteiger partial charge in [-0.3, -0.25) is 4.90 Å². The molecule has 2 fully saturated rings. The first-order chi connectivity index (χ1) is 8.03. The van der Waals surface area contributed by atoms with E-state index in [1.54, 1.807) is 0 Å². The van der Waals surface area contributed by atoms with Gasteiger partial charge in [0.15, 0.2) is 0 Å². The van der Waals surface area contributed by atoms with E-state index in [4.69, 9.17) is 5.73 Å². The van der Waals surface area contributed by atoms with Crippen molar-refractivity contribution in [2.45, 2.75) is 38.3 Å². The zero-order chi connectivity index (χ0) is 12.5. The minimum atomic E-state index is 0.0407. The third-order valence-electron chi connectivity index (χ3n) is 3.83. The molecule has 0 unspecified atom stereocenters. The summed E-state index contributed by atoms with van der Waals surface area (Å²) in [4.78, 5) is 16.1. The molecule has 0 aromatic rings. The lowest BCUT2D eigenvalue weighted by atomic mass is 10.0. The largest absolute Gasteiger partial charge is 0.335 e. The SMILES string of the molecule is CC(C)(CN)N1CCN(C(=O)NC2CC2)CC1. The van der Waals surface area contributed by atoms with Crippen LogP contribution in [0.4, 0.5) is 4.79 Å². The molecule has 2 amide bonds. The Morgan fingerprint density at radius 2 is 1.88 bits per heavy atom. The second-order valence-electron chi connectivity index (χ2n) is 5.71. The van der Waals surface area contributed by atoms with E-state index in [-0.39, 0.29) is 11.6 Å². The number of carbonyl (C=O) groups excluding carboxylic acids is 1. The van der Waals surface area contributed by atoms with E-state index in [2.05, 4.69) is 24.1 Å². The van der Waals surface area contributed by atoms with E-state index in [1.807, 2.05) is 4.90 Å². The second kappa shape index (κ2) is 4.82. The summed E-state index contributed by atoms with van der Waals surface area (Å²) < 4.78 is 0. The third-order valence-corrected chi connectivity index (χ3v) is 3.83. The van der Waals surface area contributed by atoms with Gasteiger partial charge in [-0.1, -0.05) is 0 Å². The predicted octanol–water partition coefficient (Wildman–Crippen LogP) is 0.213. The predicted molar refractivity (Wildman–Crippen MR) is 67.8 cm³/mol. The fraction of sp³-hybridized carbons (Fsp3) is 0.917. The van der Waals surface area contributed by atoms with Gasteiger partial charge in [-0.05, 0) is 26.7 Å². The summed E-state index contributed by atoms with van der Waals surface area (Å²) in [6.45, 7) is 8.43. The summed E-state index contributed by atoms with van der Waals surface area (Å²) in [6, 6.07) is 0.554. The van der Waals surface area contributed by atoms with E-state index in [1.165, 1.54) is 0 Å². The van der Waals surface area contributed by atoms with Crippen LogP contribution < -0.4 is 11.1 Å². The summed E-state index contributed by atoms with van der Waals surface area (Å²) in [5.41, 5.74) is 5.81. The molecular weight excluding hydrogens is 216 g/mol. The number of piperazine rings is 1. The Morgan fingerprint density at radius 1 is 1.29 bits per heavy atom. The van der Waals surface area contributed by atoms with Crippen LogP contribution >= 0.6 is 0 Å². The molecular formula is C12H24N4O. The van der Waals surface area contributed by atoms with Gasteiger partial charge in [-0.25, -0.2) is 4.79 Å². The van der Waals surface area contributed by atoms with Crippen molar-refractivity contribution in [3.63, 3.8) is 0 Å². The molecule has 17 heavy (non-hydrogen) atoms. The summed E-state index contributed by atoms with van der Waals surface area (Å²) >= 11 is 0. The number of rotatable bonds is 3. The van der Waals surface area contributed by atoms with E-state index in [0.717, 1.165) is 39.0 Å². The van der Waals surface area contributed by atoms with Gasteiger partial charge in [0.05, 0.1) is 0 Å². The van der Waals surface area contributed by atoms with Crippen LogP contribution in [0.1, 0.15) is 26.7 Å². The Balaban J connectivity index is 1.78. The van der Waals surface area contributed by atoms with Crippen LogP contribution in [-0.4, -0.2) is 60.1 Å². The first-order valence-electron chi connectivity index (χ1n) is 6.53. The van der Waals surface area contributed by atoms with Gasteiger partial charge in [-0.15, -0.1) is 0 Å². The normalized spacial score (nSPS) is 22.6. The van der Waals surface area contributed by atoms with Gasteiger partial charge in [0.2, 0.25) is 0 Å². The van der Waals surface area contributed by atoms with Crippen molar-refractivity contribution in [1.29, 1.82) is 0 Å². The molecule has 1 heterocycles. The highest BCUT2D eigenvalue weighted by molar-refractivity contribution is 5.75. The Hall–Kier alpha value is -0.810. The number of hydrogen-bond donors (Lipinski definition) is 2. The van der Waals surface area contributed by atoms with Crippen LogP contribution in [0.2, 0.25) is 0 Å². The van der Waals surface area contributed by atoms with Crippen LogP contribution in [0, 0.1) is 0 Å². The lowest BCUT2D eigenvalue weighted by Crippen LogP contribution is -2.59. The highest BCUT2D eigenvalue weighted by Crippen LogP contribution is 2.20. The van der Waals surface area contributed by atoms with Gasteiger partial charge in [0.1, 0.15) is 0 Å². The maximum absolute atomic E-state index is 11.8. The molecule has 5 heteroatoms. The summed E-state index contributed by atoms with van der Waals surface area (Å²) in [5, 5.41) is 3.03. The highest BCUT2D eigenvalue weighted by Gasteiger charge is 2.31. The Kier molecular flexibility index (Phi) is 3.58. The number of carbonyl (C=O) groups is 1. The van der Waals surface area contributed by atoms with Crippen molar-refractivity contribution >= 4 is 6.03 Å². The van der Waals surface area contributed by atoms with Crippen molar-refractivity contribution in [2.24, 2.45) is 5.73 Å². The average molecular weight is 240 g/mol. The Bertz CT molecular complexity index is 280. The minimum absolute atomic E-state index is 0.0407. The smallest absolute Gasteiger partial charge is 0.317 e. The molecule has 1 saturated heterocycles. The molecule has 1 aliphatic carbocycles. The molecule has 1 aliphatic heterocycles. The molecule has 2 aliphatic rings. The summed E-state index contributed by atoms with van der Waals surface area (Å²) in [7, 11) is 0. The van der Waals surface area contributed by atoms with Gasteiger partial charge in [-0.2, -0.15) is 0 Å². The average Bonchev–Trinajstić information content (AvgIpc) is 3.13. The highest BCUT2D eigenvalue weighted by atomic mass is 16.2. The number of nitrogens with zero attached hydrogens (tertiary/aromatic N) is 2.